The first kappa shape index (κ1) is 62.8. The summed E-state index contributed by atoms with van der Waals surface area (Å²) in [6, 6.07) is 0. The molecule has 4 saturated carbocycles. The molecule has 11 N–H and O–H groups in total. The molecule has 2 bridgehead atoms. The molecule has 0 amide bonds. The van der Waals surface area contributed by atoms with Crippen LogP contribution in [-0.2, 0) is 57.0 Å². The molecule has 78 heavy (non-hydrogen) atoms. The molecule has 9 rings (SSSR count). The maximum Gasteiger partial charge on any atom is 2.00 e. The maximum atomic E-state index is 13.6. The maximum absolute atomic E-state index is 13.6. The zero-order valence-corrected chi connectivity index (χ0v) is 48.4. The van der Waals surface area contributed by atoms with Crippen molar-refractivity contribution >= 4 is 55.6 Å². The average Bonchev–Trinajstić information content (AvgIpc) is 3.60. The van der Waals surface area contributed by atoms with Crippen LogP contribution in [0.2, 0.25) is 0 Å². The van der Waals surface area contributed by atoms with Crippen molar-refractivity contribution in [3.8, 4) is 0 Å². The number of rotatable bonds is 14. The second kappa shape index (κ2) is 22.6. The van der Waals surface area contributed by atoms with E-state index in [-0.39, 0.29) is 74.1 Å². The molecule has 0 radical (unpaired) electrons. The van der Waals surface area contributed by atoms with Gasteiger partial charge in [-0.1, -0.05) is 53.2 Å². The Morgan fingerprint density at radius 3 is 2.06 bits per heavy atom. The third-order valence-corrected chi connectivity index (χ3v) is 21.3. The van der Waals surface area contributed by atoms with E-state index in [1.54, 1.807) is 13.8 Å². The number of aliphatic hydroxyl groups excluding tert-OH is 10. The Morgan fingerprint density at radius 2 is 1.42 bits per heavy atom. The molecule has 0 aromatic carbocycles. The van der Waals surface area contributed by atoms with Crippen molar-refractivity contribution in [1.82, 2.24) is 0 Å². The molecule has 0 spiro atoms. The molecule has 5 aliphatic carbocycles. The predicted octanol–water partition coefficient (Wildman–Crippen LogP) is -0.966. The Labute approximate surface area is 484 Å². The number of aliphatic carboxylic acids is 1. The molecule has 24 heteroatoms. The number of carbonyl (C=O) groups excluding carboxylic acids is 2. The van der Waals surface area contributed by atoms with Gasteiger partial charge in [-0.05, 0) is 98.2 Å². The predicted molar refractivity (Wildman–Crippen MR) is 267 cm³/mol. The first-order valence-corrected chi connectivity index (χ1v) is 27.4. The number of hydrogen-bond donors (Lipinski definition) is 11. The van der Waals surface area contributed by atoms with E-state index in [0.717, 1.165) is 0 Å². The van der Waals surface area contributed by atoms with Gasteiger partial charge in [-0.2, -0.15) is 0 Å². The van der Waals surface area contributed by atoms with Crippen molar-refractivity contribution in [2.24, 2.45) is 56.2 Å². The minimum atomic E-state index is -2.09. The zero-order chi connectivity index (χ0) is 56.4. The van der Waals surface area contributed by atoms with Crippen molar-refractivity contribution in [2.75, 3.05) is 26.4 Å². The Morgan fingerprint density at radius 1 is 0.756 bits per heavy atom. The molecule has 438 valence electrons. The van der Waals surface area contributed by atoms with Gasteiger partial charge in [0.1, 0.15) is 73.8 Å². The van der Waals surface area contributed by atoms with Gasteiger partial charge in [0.2, 0.25) is 0 Å². The zero-order valence-electron chi connectivity index (χ0n) is 46.2. The average molecular weight is 1140 g/mol. The Hall–Kier alpha value is -1.27. The van der Waals surface area contributed by atoms with E-state index >= 15 is 0 Å². The molecule has 28 atom stereocenters. The molecule has 9 aliphatic rings. The summed E-state index contributed by atoms with van der Waals surface area (Å²) in [4.78, 5) is 38.4. The third-order valence-electron chi connectivity index (χ3n) is 21.3. The Kier molecular flexibility index (Phi) is 18.2. The molecule has 8 fully saturated rings. The molecule has 4 heterocycles. The number of allylic oxidation sites excluding steroid dienone is 2. The van der Waals surface area contributed by atoms with Crippen LogP contribution in [0, 0.1) is 56.2 Å². The number of fused-ring (bicyclic) bond motifs is 7. The standard InChI is InChI=1S/C54H84O23.Ca/c1-22(23(2)71-24(3)57)45(68)70-21-54-26-16-49(4,5)43(42(54)65)73-32(54)17-53(9)25(26)10-11-30-50(6)14-13-31(51(7,20-56)29(50)12-15-52(30,53)8)74-48-40(76-46-36(62)33(59)27(58)19-69-46)38(64)39(41(77-48)44(66)67)75-47-37(63)35(61)34(60)28(18-55)72-47;/h10,22-23,26-43,46-48,55-56,58-65H,11-21H2,1-9H3,(H,66,67);/q;+2/t22?,23?,26?,27-,28-,29?,30?,31?,32-,33+,34-,35+,36-,37-,38+,39+,40-,41+,42?,43-,46+,47-,48-,50?,51-,52?,53-,54?;/m1./s1. The Bertz CT molecular complexity index is 2240. The van der Waals surface area contributed by atoms with Crippen molar-refractivity contribution in [1.29, 1.82) is 0 Å². The van der Waals surface area contributed by atoms with E-state index in [2.05, 4.69) is 40.7 Å². The monoisotopic (exact) mass is 1140 g/mol. The van der Waals surface area contributed by atoms with E-state index in [1.807, 2.05) is 6.92 Å². The van der Waals surface area contributed by atoms with E-state index in [4.69, 9.17) is 42.6 Å². The number of esters is 2. The van der Waals surface area contributed by atoms with Crippen molar-refractivity contribution < 1.29 is 113 Å². The van der Waals surface area contributed by atoms with Gasteiger partial charge in [-0.25, -0.2) is 4.79 Å². The van der Waals surface area contributed by atoms with Crippen LogP contribution in [0.4, 0.5) is 0 Å². The SMILES string of the molecule is CC(=O)OC(C)C(C)C(=O)OCC12C3CC(C)(C)[C@H](O[C@@H]1C[C@]1(C)C3=CCC3C4(C)CCC(O[C@@H]5O[C@H](C(=O)O)[C@@H](O[C@H]6O[C@H](CO)[C@@H](O)[C@H](O)[C@H]6O)[C@H](O)[C@H]5O[C@@H]5OC[C@@H](O)[C@H](O)[C@H]5O)[C@](C)(CO)C4CCC31C)C2O.[Ca+2]. The molecule has 4 aliphatic heterocycles. The largest absolute Gasteiger partial charge is 2.00 e. The third kappa shape index (κ3) is 9.88. The number of carboxylic acid groups (broad SMARTS) is 1. The van der Waals surface area contributed by atoms with Gasteiger partial charge in [-0.15, -0.1) is 0 Å². The van der Waals surface area contributed by atoms with E-state index in [9.17, 15) is 70.6 Å². The van der Waals surface area contributed by atoms with Crippen molar-refractivity contribution in [3.05, 3.63) is 11.6 Å². The molecule has 4 saturated heterocycles. The summed E-state index contributed by atoms with van der Waals surface area (Å²) >= 11 is 0. The minimum Gasteiger partial charge on any atom is -0.479 e. The second-order valence-electron chi connectivity index (χ2n) is 25.8. The topological polar surface area (TPSA) is 357 Å². The van der Waals surface area contributed by atoms with Crippen LogP contribution in [0.15, 0.2) is 11.6 Å². The van der Waals surface area contributed by atoms with Gasteiger partial charge >= 0.3 is 55.6 Å². The van der Waals surface area contributed by atoms with Crippen molar-refractivity contribution in [3.63, 3.8) is 0 Å². The van der Waals surface area contributed by atoms with Gasteiger partial charge in [-0.3, -0.25) is 9.59 Å². The van der Waals surface area contributed by atoms with Crippen LogP contribution in [0.25, 0.3) is 0 Å². The van der Waals surface area contributed by atoms with Crippen LogP contribution in [0.1, 0.15) is 107 Å². The van der Waals surface area contributed by atoms with E-state index in [0.29, 0.717) is 44.9 Å². The van der Waals surface area contributed by atoms with E-state index < -0.39 is 181 Å². The van der Waals surface area contributed by atoms with Crippen LogP contribution in [0.3, 0.4) is 0 Å². The molecule has 10 unspecified atom stereocenters. The fourth-order valence-corrected chi connectivity index (χ4v) is 16.5. The van der Waals surface area contributed by atoms with Crippen LogP contribution >= 0.6 is 0 Å². The van der Waals surface area contributed by atoms with Gasteiger partial charge < -0.3 is 98.8 Å². The quantitative estimate of drug-likeness (QED) is 0.0432. The smallest absolute Gasteiger partial charge is 0.479 e. The molecule has 0 aromatic rings. The van der Waals surface area contributed by atoms with Gasteiger partial charge in [0, 0.05) is 12.3 Å². The van der Waals surface area contributed by atoms with E-state index in [1.165, 1.54) is 12.5 Å². The van der Waals surface area contributed by atoms with Crippen LogP contribution in [-0.4, -0.2) is 255 Å². The Balaban J connectivity index is 0.00000803. The second-order valence-corrected chi connectivity index (χ2v) is 25.8. The summed E-state index contributed by atoms with van der Waals surface area (Å²) in [7, 11) is 0. The van der Waals surface area contributed by atoms with Crippen LogP contribution < -0.4 is 0 Å². The number of aliphatic hydroxyl groups is 10. The summed E-state index contributed by atoms with van der Waals surface area (Å²) < 4.78 is 54.3. The van der Waals surface area contributed by atoms with Crippen LogP contribution in [0.5, 0.6) is 0 Å². The number of ether oxygens (including phenoxy) is 9. The minimum absolute atomic E-state index is 0. The van der Waals surface area contributed by atoms with Gasteiger partial charge in [0.05, 0.1) is 55.6 Å². The number of carbonyl (C=O) groups is 3. The van der Waals surface area contributed by atoms with Gasteiger partial charge in [0.15, 0.2) is 25.0 Å². The van der Waals surface area contributed by atoms with Gasteiger partial charge in [0.25, 0.3) is 0 Å². The number of hydrogen-bond acceptors (Lipinski definition) is 22. The fourth-order valence-electron chi connectivity index (χ4n) is 16.5. The fraction of sp³-hybridized carbons (Fsp3) is 0.907. The first-order chi connectivity index (χ1) is 36.0. The summed E-state index contributed by atoms with van der Waals surface area (Å²) in [5, 5.41) is 120. The molecule has 0 aromatic heterocycles. The summed E-state index contributed by atoms with van der Waals surface area (Å²) in [5.41, 5.74) is -2.40. The summed E-state index contributed by atoms with van der Waals surface area (Å²) in [6.45, 7) is 15.8. The molecular formula is C54H84CaO23+2. The molecular weight excluding hydrogens is 1060 g/mol. The molecule has 23 nitrogen and oxygen atoms in total. The summed E-state index contributed by atoms with van der Waals surface area (Å²) in [5.74, 6) is -3.82. The first-order valence-electron chi connectivity index (χ1n) is 27.4. The normalized spacial score (nSPS) is 51.0. The van der Waals surface area contributed by atoms with Crippen molar-refractivity contribution in [2.45, 2.75) is 224 Å². The summed E-state index contributed by atoms with van der Waals surface area (Å²) in [6.07, 6.45) is -22.8. The number of carboxylic acids is 1.